The number of carbonyl (C=O) groups is 1. The minimum absolute atomic E-state index is 0.121. The van der Waals surface area contributed by atoms with Crippen molar-refractivity contribution in [2.75, 3.05) is 0 Å². The molecule has 0 radical (unpaired) electrons. The van der Waals surface area contributed by atoms with Crippen LogP contribution in [-0.4, -0.2) is 17.6 Å². The van der Waals surface area contributed by atoms with Gasteiger partial charge in [-0.05, 0) is 18.3 Å². The number of hydrogen-bond acceptors (Lipinski definition) is 3. The van der Waals surface area contributed by atoms with Crippen LogP contribution in [0, 0.1) is 11.8 Å². The molecule has 0 aromatic heterocycles. The maximum atomic E-state index is 11.7. The molecule has 0 saturated heterocycles. The molecule has 0 amide bonds. The Labute approximate surface area is 91.9 Å². The first-order chi connectivity index (χ1) is 6.99. The molecule has 3 nitrogen and oxygen atoms in total. The second-order valence-corrected chi connectivity index (χ2v) is 5.12. The van der Waals surface area contributed by atoms with Gasteiger partial charge in [0.25, 0.3) is 0 Å². The average Bonchev–Trinajstić information content (AvgIpc) is 2.50. The van der Waals surface area contributed by atoms with Crippen LogP contribution < -0.4 is 0 Å². The van der Waals surface area contributed by atoms with Gasteiger partial charge in [0.05, 0.1) is 0 Å². The first-order valence-corrected chi connectivity index (χ1v) is 5.75. The highest BCUT2D eigenvalue weighted by molar-refractivity contribution is 6.40. The molecule has 0 N–H and O–H groups in total. The maximum absolute atomic E-state index is 11.7. The second-order valence-electron chi connectivity index (χ2n) is 5.12. The van der Waals surface area contributed by atoms with Gasteiger partial charge >= 0.3 is 0 Å². The van der Waals surface area contributed by atoms with Gasteiger partial charge in [0, 0.05) is 12.8 Å². The van der Waals surface area contributed by atoms with E-state index in [1.165, 1.54) is 0 Å². The Morgan fingerprint density at radius 2 is 2.07 bits per heavy atom. The summed E-state index contributed by atoms with van der Waals surface area (Å²) in [4.78, 5) is 16.9. The third-order valence-electron chi connectivity index (χ3n) is 2.38. The molecule has 86 valence electrons. The largest absolute Gasteiger partial charge is 0.392 e. The molecule has 0 bridgehead atoms. The molecular weight excluding hydrogens is 190 g/mol. The van der Waals surface area contributed by atoms with Crippen LogP contribution >= 0.6 is 0 Å². The lowest BCUT2D eigenvalue weighted by atomic mass is 9.97. The lowest BCUT2D eigenvalue weighted by molar-refractivity contribution is -0.113. The highest BCUT2D eigenvalue weighted by atomic mass is 16.6. The van der Waals surface area contributed by atoms with Crippen molar-refractivity contribution < 1.29 is 9.63 Å². The van der Waals surface area contributed by atoms with Crippen molar-refractivity contribution in [2.45, 2.75) is 53.1 Å². The second kappa shape index (κ2) is 5.29. The van der Waals surface area contributed by atoms with Crippen LogP contribution in [0.1, 0.15) is 47.0 Å². The van der Waals surface area contributed by atoms with Gasteiger partial charge in [-0.25, -0.2) is 0 Å². The molecule has 0 fully saturated rings. The summed E-state index contributed by atoms with van der Waals surface area (Å²) in [6, 6.07) is 0. The molecule has 0 aromatic rings. The predicted molar refractivity (Wildman–Crippen MR) is 60.8 cm³/mol. The molecule has 1 heterocycles. The molecule has 0 aliphatic carbocycles. The first kappa shape index (κ1) is 12.2. The van der Waals surface area contributed by atoms with Crippen LogP contribution in [0.5, 0.6) is 0 Å². The van der Waals surface area contributed by atoms with E-state index >= 15 is 0 Å². The lowest BCUT2D eigenvalue weighted by Crippen LogP contribution is -2.17. The Morgan fingerprint density at radius 3 is 2.60 bits per heavy atom. The zero-order valence-electron chi connectivity index (χ0n) is 10.1. The summed E-state index contributed by atoms with van der Waals surface area (Å²) in [5, 5.41) is 3.89. The summed E-state index contributed by atoms with van der Waals surface area (Å²) in [7, 11) is 0. The monoisotopic (exact) mass is 211 g/mol. The van der Waals surface area contributed by atoms with Crippen molar-refractivity contribution in [1.29, 1.82) is 0 Å². The highest BCUT2D eigenvalue weighted by Crippen LogP contribution is 2.19. The molecule has 0 saturated carbocycles. The van der Waals surface area contributed by atoms with E-state index in [9.17, 15) is 4.79 Å². The fourth-order valence-electron chi connectivity index (χ4n) is 1.73. The number of Topliss-reactive ketones (excluding diaryl/α,β-unsaturated/α-hetero) is 1. The number of carbonyl (C=O) groups excluding carboxylic acids is 1. The minimum atomic E-state index is 0.121. The van der Waals surface area contributed by atoms with Crippen molar-refractivity contribution in [2.24, 2.45) is 17.0 Å². The summed E-state index contributed by atoms with van der Waals surface area (Å²) in [5.74, 6) is 1.13. The zero-order valence-corrected chi connectivity index (χ0v) is 10.1. The molecular formula is C12H21NO2. The zero-order chi connectivity index (χ0) is 11.4. The minimum Gasteiger partial charge on any atom is -0.392 e. The van der Waals surface area contributed by atoms with Gasteiger partial charge in [-0.2, -0.15) is 0 Å². The quantitative estimate of drug-likeness (QED) is 0.701. The number of hydrogen-bond donors (Lipinski definition) is 0. The summed E-state index contributed by atoms with van der Waals surface area (Å²) in [6.45, 7) is 8.38. The van der Waals surface area contributed by atoms with Gasteiger partial charge in [-0.1, -0.05) is 32.9 Å². The van der Waals surface area contributed by atoms with E-state index in [1.807, 2.05) is 13.8 Å². The van der Waals surface area contributed by atoms with E-state index in [0.29, 0.717) is 30.4 Å². The van der Waals surface area contributed by atoms with E-state index in [2.05, 4.69) is 19.0 Å². The number of ketones is 1. The summed E-state index contributed by atoms with van der Waals surface area (Å²) >= 11 is 0. The smallest absolute Gasteiger partial charge is 0.180 e. The lowest BCUT2D eigenvalue weighted by Gasteiger charge is -2.09. The van der Waals surface area contributed by atoms with E-state index in [0.717, 1.165) is 6.42 Å². The Balaban J connectivity index is 2.38. The van der Waals surface area contributed by atoms with E-state index in [1.54, 1.807) is 0 Å². The third-order valence-corrected chi connectivity index (χ3v) is 2.38. The fourth-order valence-corrected chi connectivity index (χ4v) is 1.73. The number of oxime groups is 1. The number of nitrogens with zero attached hydrogens (tertiary/aromatic N) is 1. The van der Waals surface area contributed by atoms with Gasteiger partial charge in [-0.15, -0.1) is 0 Å². The Kier molecular flexibility index (Phi) is 4.30. The normalized spacial score (nSPS) is 20.7. The Hall–Kier alpha value is -0.860. The van der Waals surface area contributed by atoms with Crippen molar-refractivity contribution in [3.8, 4) is 0 Å². The van der Waals surface area contributed by atoms with Crippen molar-refractivity contribution in [3.63, 3.8) is 0 Å². The van der Waals surface area contributed by atoms with E-state index in [-0.39, 0.29) is 11.9 Å². The molecule has 0 spiro atoms. The maximum Gasteiger partial charge on any atom is 0.180 e. The summed E-state index contributed by atoms with van der Waals surface area (Å²) < 4.78 is 0. The Morgan fingerprint density at radius 1 is 1.40 bits per heavy atom. The first-order valence-electron chi connectivity index (χ1n) is 5.75. The SMILES string of the molecule is CC(C)CC(=O)C1=NOC(CC(C)C)C1. The van der Waals surface area contributed by atoms with Crippen LogP contribution in [-0.2, 0) is 9.63 Å². The highest BCUT2D eigenvalue weighted by Gasteiger charge is 2.26. The number of rotatable bonds is 5. The van der Waals surface area contributed by atoms with Crippen LogP contribution in [0.2, 0.25) is 0 Å². The van der Waals surface area contributed by atoms with E-state index in [4.69, 9.17) is 4.84 Å². The van der Waals surface area contributed by atoms with Crippen molar-refractivity contribution >= 4 is 11.5 Å². The van der Waals surface area contributed by atoms with Gasteiger partial charge in [-0.3, -0.25) is 4.79 Å². The van der Waals surface area contributed by atoms with Crippen LogP contribution in [0.3, 0.4) is 0 Å². The molecule has 1 aliphatic rings. The van der Waals surface area contributed by atoms with Crippen molar-refractivity contribution in [1.82, 2.24) is 0 Å². The molecule has 15 heavy (non-hydrogen) atoms. The molecule has 1 rings (SSSR count). The van der Waals surface area contributed by atoms with Gasteiger partial charge in [0.1, 0.15) is 11.8 Å². The topological polar surface area (TPSA) is 38.7 Å². The molecule has 0 aromatic carbocycles. The average molecular weight is 211 g/mol. The summed E-state index contributed by atoms with van der Waals surface area (Å²) in [6.07, 6.45) is 2.37. The third kappa shape index (κ3) is 4.02. The van der Waals surface area contributed by atoms with E-state index < -0.39 is 0 Å². The van der Waals surface area contributed by atoms with Gasteiger partial charge in [0.2, 0.25) is 0 Å². The molecule has 1 atom stereocenters. The molecule has 3 heteroatoms. The predicted octanol–water partition coefficient (Wildman–Crippen LogP) is 2.79. The van der Waals surface area contributed by atoms with Crippen LogP contribution in [0.25, 0.3) is 0 Å². The fraction of sp³-hybridized carbons (Fsp3) is 0.833. The standard InChI is InChI=1S/C12H21NO2/c1-8(2)5-10-7-11(13-15-10)12(14)6-9(3)4/h8-10H,5-7H2,1-4H3. The van der Waals surface area contributed by atoms with Crippen LogP contribution in [0.15, 0.2) is 5.16 Å². The van der Waals surface area contributed by atoms with Crippen molar-refractivity contribution in [3.05, 3.63) is 0 Å². The molecule has 1 unspecified atom stereocenters. The molecule has 1 aliphatic heterocycles. The van der Waals surface area contributed by atoms with Gasteiger partial charge < -0.3 is 4.84 Å². The Bertz CT molecular complexity index is 256. The van der Waals surface area contributed by atoms with Gasteiger partial charge in [0.15, 0.2) is 5.78 Å². The summed E-state index contributed by atoms with van der Waals surface area (Å²) in [5.41, 5.74) is 0.634. The van der Waals surface area contributed by atoms with Crippen LogP contribution in [0.4, 0.5) is 0 Å².